The number of likely N-dealkylation sites (N-methyl/N-ethyl adjacent to an activating group) is 1. The molecule has 0 saturated carbocycles. The molecule has 0 spiro atoms. The lowest BCUT2D eigenvalue weighted by atomic mass is 10.1. The Labute approximate surface area is 135 Å². The summed E-state index contributed by atoms with van der Waals surface area (Å²) in [7, 11) is 3.56. The molecule has 5 heteroatoms. The molecule has 1 aromatic carbocycles. The topological polar surface area (TPSA) is 51.0 Å². The number of amides is 1. The fraction of sp³-hybridized carbons (Fsp3) is 0.278. The predicted molar refractivity (Wildman–Crippen MR) is 91.0 cm³/mol. The van der Waals surface area contributed by atoms with Gasteiger partial charge in [0.05, 0.1) is 5.52 Å². The van der Waals surface area contributed by atoms with Gasteiger partial charge in [0.2, 0.25) is 5.91 Å². The molecular weight excluding hydrogens is 288 g/mol. The highest BCUT2D eigenvalue weighted by Crippen LogP contribution is 2.26. The van der Waals surface area contributed by atoms with E-state index in [4.69, 9.17) is 0 Å². The third kappa shape index (κ3) is 2.82. The van der Waals surface area contributed by atoms with Gasteiger partial charge in [-0.2, -0.15) is 0 Å². The number of carbonyl (C=O) groups excluding carboxylic acids is 1. The van der Waals surface area contributed by atoms with Crippen molar-refractivity contribution in [3.63, 3.8) is 0 Å². The Hall–Kier alpha value is -2.69. The van der Waals surface area contributed by atoms with Crippen LogP contribution in [-0.2, 0) is 4.79 Å². The van der Waals surface area contributed by atoms with Crippen LogP contribution >= 0.6 is 0 Å². The minimum Gasteiger partial charge on any atom is -0.347 e. The number of imidazole rings is 1. The zero-order chi connectivity index (χ0) is 16.4. The summed E-state index contributed by atoms with van der Waals surface area (Å²) < 4.78 is 1.96. The van der Waals surface area contributed by atoms with Gasteiger partial charge in [-0.1, -0.05) is 13.0 Å². The summed E-state index contributed by atoms with van der Waals surface area (Å²) in [6.45, 7) is 2.01. The lowest BCUT2D eigenvalue weighted by Crippen LogP contribution is -2.31. The van der Waals surface area contributed by atoms with E-state index >= 15 is 0 Å². The standard InChI is InChI=1S/C18H20N4O/c1-4-16(18(23)21(2)3)22-11-10-20-17(22)14-7-8-15-13(12-14)6-5-9-19-15/h5-12,16H,4H2,1-3H3. The van der Waals surface area contributed by atoms with Gasteiger partial charge >= 0.3 is 0 Å². The average Bonchev–Trinajstić information content (AvgIpc) is 3.04. The summed E-state index contributed by atoms with van der Waals surface area (Å²) in [4.78, 5) is 22.9. The fourth-order valence-electron chi connectivity index (χ4n) is 2.79. The molecule has 0 aliphatic carbocycles. The fourth-order valence-corrected chi connectivity index (χ4v) is 2.79. The molecule has 3 aromatic rings. The Morgan fingerprint density at radius 2 is 2.04 bits per heavy atom. The number of benzene rings is 1. The third-order valence-electron chi connectivity index (χ3n) is 3.98. The van der Waals surface area contributed by atoms with Crippen molar-refractivity contribution in [2.75, 3.05) is 14.1 Å². The quantitative estimate of drug-likeness (QED) is 0.744. The summed E-state index contributed by atoms with van der Waals surface area (Å²) >= 11 is 0. The van der Waals surface area contributed by atoms with Gasteiger partial charge in [-0.3, -0.25) is 9.78 Å². The smallest absolute Gasteiger partial charge is 0.245 e. The van der Waals surface area contributed by atoms with Crippen LogP contribution in [0.3, 0.4) is 0 Å². The third-order valence-corrected chi connectivity index (χ3v) is 3.98. The van der Waals surface area contributed by atoms with Crippen molar-refractivity contribution in [2.24, 2.45) is 0 Å². The Morgan fingerprint density at radius 3 is 2.78 bits per heavy atom. The zero-order valence-corrected chi connectivity index (χ0v) is 13.6. The molecular formula is C18H20N4O. The highest BCUT2D eigenvalue weighted by molar-refractivity contribution is 5.84. The molecule has 1 unspecified atom stereocenters. The number of pyridine rings is 1. The second-order valence-corrected chi connectivity index (χ2v) is 5.73. The van der Waals surface area contributed by atoms with E-state index in [9.17, 15) is 4.79 Å². The highest BCUT2D eigenvalue weighted by atomic mass is 16.2. The van der Waals surface area contributed by atoms with E-state index in [1.54, 1.807) is 31.4 Å². The van der Waals surface area contributed by atoms with E-state index in [0.29, 0.717) is 0 Å². The minimum absolute atomic E-state index is 0.0780. The molecule has 23 heavy (non-hydrogen) atoms. The van der Waals surface area contributed by atoms with Crippen molar-refractivity contribution in [1.82, 2.24) is 19.4 Å². The van der Waals surface area contributed by atoms with Crippen LogP contribution < -0.4 is 0 Å². The maximum atomic E-state index is 12.4. The Kier molecular flexibility index (Phi) is 4.10. The molecule has 0 aliphatic heterocycles. The number of nitrogens with zero attached hydrogens (tertiary/aromatic N) is 4. The Balaban J connectivity index is 2.06. The molecule has 0 bridgehead atoms. The van der Waals surface area contributed by atoms with Crippen LogP contribution in [0.25, 0.3) is 22.3 Å². The first-order valence-corrected chi connectivity index (χ1v) is 7.71. The van der Waals surface area contributed by atoms with Crippen LogP contribution in [0, 0.1) is 0 Å². The highest BCUT2D eigenvalue weighted by Gasteiger charge is 2.22. The molecule has 2 heterocycles. The predicted octanol–water partition coefficient (Wildman–Crippen LogP) is 3.14. The van der Waals surface area contributed by atoms with Crippen molar-refractivity contribution >= 4 is 16.8 Å². The van der Waals surface area contributed by atoms with E-state index in [2.05, 4.69) is 16.0 Å². The van der Waals surface area contributed by atoms with Gasteiger partial charge in [-0.15, -0.1) is 0 Å². The molecule has 1 atom stereocenters. The first-order valence-electron chi connectivity index (χ1n) is 7.71. The normalized spacial score (nSPS) is 12.3. The monoisotopic (exact) mass is 308 g/mol. The maximum Gasteiger partial charge on any atom is 0.245 e. The molecule has 5 nitrogen and oxygen atoms in total. The van der Waals surface area contributed by atoms with Crippen LogP contribution in [0.15, 0.2) is 48.9 Å². The first kappa shape index (κ1) is 15.2. The van der Waals surface area contributed by atoms with Gasteiger partial charge in [-0.05, 0) is 30.7 Å². The van der Waals surface area contributed by atoms with E-state index in [0.717, 1.165) is 28.7 Å². The zero-order valence-electron chi connectivity index (χ0n) is 13.6. The van der Waals surface area contributed by atoms with Crippen LogP contribution in [0.1, 0.15) is 19.4 Å². The first-order chi connectivity index (χ1) is 11.1. The summed E-state index contributed by atoms with van der Waals surface area (Å²) in [5.41, 5.74) is 1.94. The number of hydrogen-bond donors (Lipinski definition) is 0. The van der Waals surface area contributed by atoms with Crippen molar-refractivity contribution in [1.29, 1.82) is 0 Å². The van der Waals surface area contributed by atoms with Crippen LogP contribution in [-0.4, -0.2) is 39.4 Å². The summed E-state index contributed by atoms with van der Waals surface area (Å²) in [5.74, 6) is 0.881. The molecule has 0 aliphatic rings. The number of fused-ring (bicyclic) bond motifs is 1. The van der Waals surface area contributed by atoms with Gasteiger partial charge < -0.3 is 9.47 Å². The second-order valence-electron chi connectivity index (χ2n) is 5.73. The van der Waals surface area contributed by atoms with E-state index in [-0.39, 0.29) is 11.9 Å². The maximum absolute atomic E-state index is 12.4. The number of carbonyl (C=O) groups is 1. The van der Waals surface area contributed by atoms with Gasteiger partial charge in [0.15, 0.2) is 0 Å². The molecule has 0 radical (unpaired) electrons. The molecule has 0 N–H and O–H groups in total. The Morgan fingerprint density at radius 1 is 1.22 bits per heavy atom. The molecule has 0 fully saturated rings. The average molecular weight is 308 g/mol. The summed E-state index contributed by atoms with van der Waals surface area (Å²) in [6.07, 6.45) is 6.12. The van der Waals surface area contributed by atoms with Crippen LogP contribution in [0.2, 0.25) is 0 Å². The van der Waals surface area contributed by atoms with Crippen molar-refractivity contribution < 1.29 is 4.79 Å². The Bertz CT molecular complexity index is 838. The number of hydrogen-bond acceptors (Lipinski definition) is 3. The molecule has 3 rings (SSSR count). The lowest BCUT2D eigenvalue weighted by Gasteiger charge is -2.22. The van der Waals surface area contributed by atoms with Crippen molar-refractivity contribution in [3.8, 4) is 11.4 Å². The second kappa shape index (κ2) is 6.20. The van der Waals surface area contributed by atoms with Crippen LogP contribution in [0.4, 0.5) is 0 Å². The molecule has 0 saturated heterocycles. The van der Waals surface area contributed by atoms with E-state index < -0.39 is 0 Å². The largest absolute Gasteiger partial charge is 0.347 e. The summed E-state index contributed by atoms with van der Waals surface area (Å²) in [5, 5.41) is 1.06. The molecule has 118 valence electrons. The summed E-state index contributed by atoms with van der Waals surface area (Å²) in [6, 6.07) is 9.75. The van der Waals surface area contributed by atoms with Gasteiger partial charge in [0.25, 0.3) is 0 Å². The number of aromatic nitrogens is 3. The lowest BCUT2D eigenvalue weighted by molar-refractivity contribution is -0.132. The van der Waals surface area contributed by atoms with Gasteiger partial charge in [0, 0.05) is 43.6 Å². The van der Waals surface area contributed by atoms with E-state index in [1.807, 2.05) is 42.0 Å². The van der Waals surface area contributed by atoms with E-state index in [1.165, 1.54) is 0 Å². The van der Waals surface area contributed by atoms with Gasteiger partial charge in [-0.25, -0.2) is 4.98 Å². The van der Waals surface area contributed by atoms with Crippen molar-refractivity contribution in [2.45, 2.75) is 19.4 Å². The number of rotatable bonds is 4. The molecule has 2 aromatic heterocycles. The van der Waals surface area contributed by atoms with Gasteiger partial charge in [0.1, 0.15) is 11.9 Å². The molecule has 1 amide bonds. The van der Waals surface area contributed by atoms with Crippen molar-refractivity contribution in [3.05, 3.63) is 48.9 Å². The van der Waals surface area contributed by atoms with Crippen LogP contribution in [0.5, 0.6) is 0 Å². The minimum atomic E-state index is -0.243. The SMILES string of the molecule is CCC(C(=O)N(C)C)n1ccnc1-c1ccc2ncccc2c1.